The molecule has 0 unspecified atom stereocenters. The summed E-state index contributed by atoms with van der Waals surface area (Å²) in [5.41, 5.74) is 2.42. The summed E-state index contributed by atoms with van der Waals surface area (Å²) in [5, 5.41) is 3.57. The van der Waals surface area contributed by atoms with E-state index in [1.807, 2.05) is 19.1 Å². The number of halogens is 1. The van der Waals surface area contributed by atoms with Gasteiger partial charge < -0.3 is 14.8 Å². The Kier molecular flexibility index (Phi) is 6.44. The lowest BCUT2D eigenvalue weighted by atomic mass is 10.1. The van der Waals surface area contributed by atoms with Gasteiger partial charge in [-0.15, -0.1) is 0 Å². The van der Waals surface area contributed by atoms with Crippen LogP contribution in [0.3, 0.4) is 0 Å². The van der Waals surface area contributed by atoms with Gasteiger partial charge in [0.1, 0.15) is 5.75 Å². The molecular weight excluding hydrogens is 314 g/mol. The van der Waals surface area contributed by atoms with Crippen LogP contribution >= 0.6 is 11.6 Å². The van der Waals surface area contributed by atoms with Crippen LogP contribution in [0.5, 0.6) is 5.75 Å². The lowest BCUT2D eigenvalue weighted by Gasteiger charge is -2.11. The van der Waals surface area contributed by atoms with E-state index in [4.69, 9.17) is 21.1 Å². The Morgan fingerprint density at radius 1 is 1.17 bits per heavy atom. The molecule has 0 fully saturated rings. The van der Waals surface area contributed by atoms with E-state index in [2.05, 4.69) is 5.32 Å². The highest BCUT2D eigenvalue weighted by molar-refractivity contribution is 6.30. The summed E-state index contributed by atoms with van der Waals surface area (Å²) in [4.78, 5) is 12.3. The Balaban J connectivity index is 2.04. The number of amides is 1. The second-order valence-corrected chi connectivity index (χ2v) is 5.41. The molecule has 2 aromatic rings. The molecule has 0 aliphatic rings. The highest BCUT2D eigenvalue weighted by atomic mass is 35.5. The van der Waals surface area contributed by atoms with Crippen molar-refractivity contribution in [2.45, 2.75) is 20.1 Å². The molecule has 0 aliphatic carbocycles. The fourth-order valence-electron chi connectivity index (χ4n) is 2.13. The molecule has 4 nitrogen and oxygen atoms in total. The van der Waals surface area contributed by atoms with E-state index >= 15 is 0 Å². The van der Waals surface area contributed by atoms with E-state index in [9.17, 15) is 4.79 Å². The lowest BCUT2D eigenvalue weighted by Crippen LogP contribution is -2.23. The summed E-state index contributed by atoms with van der Waals surface area (Å²) in [7, 11) is 1.60. The molecule has 5 heteroatoms. The first-order valence-corrected chi connectivity index (χ1v) is 7.79. The first-order chi connectivity index (χ1) is 11.1. The van der Waals surface area contributed by atoms with E-state index < -0.39 is 0 Å². The standard InChI is InChI=1S/C18H20ClNO3/c1-3-23-12-15-10-14(6-9-17(15)22-2)18(21)20-11-13-4-7-16(19)8-5-13/h4-10H,3,11-12H2,1-2H3,(H,20,21). The van der Waals surface area contributed by atoms with Crippen LogP contribution in [0, 0.1) is 0 Å². The molecule has 2 rings (SSSR count). The van der Waals surface area contributed by atoms with Crippen molar-refractivity contribution in [1.82, 2.24) is 5.32 Å². The number of benzene rings is 2. The van der Waals surface area contributed by atoms with Crippen LogP contribution < -0.4 is 10.1 Å². The summed E-state index contributed by atoms with van der Waals surface area (Å²) in [5.74, 6) is 0.577. The monoisotopic (exact) mass is 333 g/mol. The second kappa shape index (κ2) is 8.56. The van der Waals surface area contributed by atoms with Gasteiger partial charge in [0.2, 0.25) is 0 Å². The average molecular weight is 334 g/mol. The SMILES string of the molecule is CCOCc1cc(C(=O)NCc2ccc(Cl)cc2)ccc1OC. The number of ether oxygens (including phenoxy) is 2. The van der Waals surface area contributed by atoms with Crippen molar-refractivity contribution in [3.05, 3.63) is 64.2 Å². The number of hydrogen-bond donors (Lipinski definition) is 1. The van der Waals surface area contributed by atoms with Gasteiger partial charge >= 0.3 is 0 Å². The van der Waals surface area contributed by atoms with Crippen molar-refractivity contribution in [1.29, 1.82) is 0 Å². The number of nitrogens with one attached hydrogen (secondary N) is 1. The van der Waals surface area contributed by atoms with Crippen LogP contribution in [0.4, 0.5) is 0 Å². The molecule has 0 bridgehead atoms. The minimum absolute atomic E-state index is 0.139. The normalized spacial score (nSPS) is 10.4. The highest BCUT2D eigenvalue weighted by Crippen LogP contribution is 2.21. The van der Waals surface area contributed by atoms with Crippen LogP contribution in [0.15, 0.2) is 42.5 Å². The number of methoxy groups -OCH3 is 1. The average Bonchev–Trinajstić information content (AvgIpc) is 2.58. The van der Waals surface area contributed by atoms with Gasteiger partial charge in [-0.2, -0.15) is 0 Å². The zero-order valence-electron chi connectivity index (χ0n) is 13.3. The molecule has 122 valence electrons. The molecule has 0 spiro atoms. The topological polar surface area (TPSA) is 47.6 Å². The maximum absolute atomic E-state index is 12.3. The van der Waals surface area contributed by atoms with Gasteiger partial charge in [-0.25, -0.2) is 0 Å². The molecule has 0 aliphatic heterocycles. The van der Waals surface area contributed by atoms with E-state index in [0.29, 0.717) is 36.1 Å². The molecular formula is C18H20ClNO3. The number of carbonyl (C=O) groups excluding carboxylic acids is 1. The second-order valence-electron chi connectivity index (χ2n) is 4.97. The zero-order chi connectivity index (χ0) is 16.7. The molecule has 1 N–H and O–H groups in total. The van der Waals surface area contributed by atoms with Crippen molar-refractivity contribution in [3.63, 3.8) is 0 Å². The van der Waals surface area contributed by atoms with Gasteiger partial charge in [0, 0.05) is 29.3 Å². The van der Waals surface area contributed by atoms with Crippen molar-refractivity contribution in [2.24, 2.45) is 0 Å². The molecule has 23 heavy (non-hydrogen) atoms. The summed E-state index contributed by atoms with van der Waals surface area (Å²) in [6.45, 7) is 3.39. The quantitative estimate of drug-likeness (QED) is 0.838. The van der Waals surface area contributed by atoms with Crippen molar-refractivity contribution < 1.29 is 14.3 Å². The third kappa shape index (κ3) is 4.98. The van der Waals surface area contributed by atoms with E-state index in [-0.39, 0.29) is 5.91 Å². The van der Waals surface area contributed by atoms with Gasteiger partial charge in [0.05, 0.1) is 13.7 Å². The largest absolute Gasteiger partial charge is 0.496 e. The van der Waals surface area contributed by atoms with Gasteiger partial charge in [0.25, 0.3) is 5.91 Å². The molecule has 0 heterocycles. The van der Waals surface area contributed by atoms with Gasteiger partial charge in [-0.3, -0.25) is 4.79 Å². The Bertz CT molecular complexity index is 656. The highest BCUT2D eigenvalue weighted by Gasteiger charge is 2.10. The molecule has 1 amide bonds. The Morgan fingerprint density at radius 2 is 1.91 bits per heavy atom. The molecule has 0 saturated carbocycles. The van der Waals surface area contributed by atoms with Crippen molar-refractivity contribution >= 4 is 17.5 Å². The minimum Gasteiger partial charge on any atom is -0.496 e. The van der Waals surface area contributed by atoms with Gasteiger partial charge in [-0.05, 0) is 42.8 Å². The summed E-state index contributed by atoms with van der Waals surface area (Å²) < 4.78 is 10.7. The van der Waals surface area contributed by atoms with Gasteiger partial charge in [0.15, 0.2) is 0 Å². The fraction of sp³-hybridized carbons (Fsp3) is 0.278. The Hall–Kier alpha value is -2.04. The smallest absolute Gasteiger partial charge is 0.251 e. The summed E-state index contributed by atoms with van der Waals surface area (Å²) in [6, 6.07) is 12.7. The van der Waals surface area contributed by atoms with Crippen LogP contribution in [-0.4, -0.2) is 19.6 Å². The molecule has 0 aromatic heterocycles. The van der Waals surface area contributed by atoms with Crippen molar-refractivity contribution in [3.8, 4) is 5.75 Å². The van der Waals surface area contributed by atoms with Gasteiger partial charge in [-0.1, -0.05) is 23.7 Å². The zero-order valence-corrected chi connectivity index (χ0v) is 14.0. The van der Waals surface area contributed by atoms with Crippen molar-refractivity contribution in [2.75, 3.05) is 13.7 Å². The molecule has 0 radical (unpaired) electrons. The lowest BCUT2D eigenvalue weighted by molar-refractivity contribution is 0.0950. The predicted molar refractivity (Wildman–Crippen MR) is 90.9 cm³/mol. The molecule has 0 saturated heterocycles. The predicted octanol–water partition coefficient (Wildman–Crippen LogP) is 3.82. The number of hydrogen-bond acceptors (Lipinski definition) is 3. The van der Waals surface area contributed by atoms with E-state index in [1.54, 1.807) is 37.4 Å². The van der Waals surface area contributed by atoms with Crippen LogP contribution in [0.1, 0.15) is 28.4 Å². The maximum Gasteiger partial charge on any atom is 0.251 e. The minimum atomic E-state index is -0.139. The summed E-state index contributed by atoms with van der Waals surface area (Å²) in [6.07, 6.45) is 0. The Morgan fingerprint density at radius 3 is 2.57 bits per heavy atom. The maximum atomic E-state index is 12.3. The first-order valence-electron chi connectivity index (χ1n) is 7.41. The van der Waals surface area contributed by atoms with Crippen LogP contribution in [-0.2, 0) is 17.9 Å². The molecule has 0 atom stereocenters. The van der Waals surface area contributed by atoms with E-state index in [0.717, 1.165) is 11.1 Å². The third-order valence-electron chi connectivity index (χ3n) is 3.37. The third-order valence-corrected chi connectivity index (χ3v) is 3.62. The molecule has 2 aromatic carbocycles. The van der Waals surface area contributed by atoms with E-state index in [1.165, 1.54) is 0 Å². The fourth-order valence-corrected chi connectivity index (χ4v) is 2.26. The number of carbonyl (C=O) groups is 1. The summed E-state index contributed by atoms with van der Waals surface area (Å²) >= 11 is 5.85. The van der Waals surface area contributed by atoms with Crippen LogP contribution in [0.25, 0.3) is 0 Å². The first kappa shape index (κ1) is 17.3. The number of rotatable bonds is 7. The Labute approximate surface area is 141 Å². The van der Waals surface area contributed by atoms with Crippen LogP contribution in [0.2, 0.25) is 5.02 Å².